The van der Waals surface area contributed by atoms with Gasteiger partial charge < -0.3 is 5.32 Å². The molecule has 0 radical (unpaired) electrons. The maximum absolute atomic E-state index is 12.6. The molecule has 0 aliphatic heterocycles. The predicted octanol–water partition coefficient (Wildman–Crippen LogP) is 3.00. The van der Waals surface area contributed by atoms with Gasteiger partial charge in [0.15, 0.2) is 0 Å². The van der Waals surface area contributed by atoms with Gasteiger partial charge in [0.2, 0.25) is 16.4 Å². The Hall–Kier alpha value is -2.18. The van der Waals surface area contributed by atoms with Crippen LogP contribution in [-0.2, 0) is 14.8 Å². The fraction of sp³-hybridized carbons (Fsp3) is 0.235. The van der Waals surface area contributed by atoms with Gasteiger partial charge in [0.05, 0.1) is 4.90 Å². The second-order valence-corrected chi connectivity index (χ2v) is 7.84. The summed E-state index contributed by atoms with van der Waals surface area (Å²) in [5.74, 6) is 0. The lowest BCUT2D eigenvalue weighted by Crippen LogP contribution is -2.40. The molecule has 2 N–H and O–H groups in total. The third-order valence-corrected chi connectivity index (χ3v) is 4.85. The Labute approximate surface area is 136 Å². The summed E-state index contributed by atoms with van der Waals surface area (Å²) in [6.45, 7) is 5.40. The summed E-state index contributed by atoms with van der Waals surface area (Å²) in [6, 6.07) is 13.8. The number of carbonyl (C=O) groups is 1. The largest absolute Gasteiger partial charge is 0.329 e. The highest BCUT2D eigenvalue weighted by Gasteiger charge is 2.24. The van der Waals surface area contributed by atoms with Crippen molar-refractivity contribution >= 4 is 22.1 Å². The fourth-order valence-corrected chi connectivity index (χ4v) is 3.86. The zero-order chi connectivity index (χ0) is 17.1. The molecule has 6 heteroatoms. The van der Waals surface area contributed by atoms with Crippen LogP contribution in [0.1, 0.15) is 20.8 Å². The normalized spacial score (nSPS) is 12.0. The number of benzene rings is 2. The van der Waals surface area contributed by atoms with E-state index < -0.39 is 15.6 Å². The summed E-state index contributed by atoms with van der Waals surface area (Å²) >= 11 is 0. The van der Waals surface area contributed by atoms with Crippen molar-refractivity contribution in [1.29, 1.82) is 0 Å². The van der Waals surface area contributed by atoms with E-state index in [4.69, 9.17) is 0 Å². The van der Waals surface area contributed by atoms with E-state index in [0.717, 1.165) is 5.56 Å². The lowest BCUT2D eigenvalue weighted by Gasteiger charge is -2.21. The summed E-state index contributed by atoms with van der Waals surface area (Å²) in [6.07, 6.45) is 0.598. The molecule has 23 heavy (non-hydrogen) atoms. The average molecular weight is 332 g/mol. The van der Waals surface area contributed by atoms with E-state index in [1.165, 1.54) is 0 Å². The molecule has 0 atom stereocenters. The minimum absolute atomic E-state index is 0.228. The van der Waals surface area contributed by atoms with Crippen molar-refractivity contribution in [1.82, 2.24) is 4.72 Å². The number of nitrogens with one attached hydrogen (secondary N) is 2. The molecule has 0 aliphatic rings. The van der Waals surface area contributed by atoms with Crippen LogP contribution in [0.25, 0.3) is 11.1 Å². The molecule has 122 valence electrons. The molecular weight excluding hydrogens is 312 g/mol. The first-order valence-corrected chi connectivity index (χ1v) is 8.65. The van der Waals surface area contributed by atoms with Gasteiger partial charge in [-0.1, -0.05) is 30.3 Å². The van der Waals surface area contributed by atoms with Crippen LogP contribution in [0.15, 0.2) is 53.4 Å². The molecular formula is C17H20N2O3S. The Kier molecular flexibility index (Phi) is 4.87. The van der Waals surface area contributed by atoms with Crippen LogP contribution in [0.5, 0.6) is 0 Å². The molecule has 0 saturated carbocycles. The van der Waals surface area contributed by atoms with Crippen molar-refractivity contribution in [2.24, 2.45) is 0 Å². The monoisotopic (exact) mass is 332 g/mol. The predicted molar refractivity (Wildman–Crippen MR) is 91.6 cm³/mol. The highest BCUT2D eigenvalue weighted by molar-refractivity contribution is 7.89. The molecule has 2 aromatic carbocycles. The summed E-state index contributed by atoms with van der Waals surface area (Å²) in [7, 11) is -3.64. The van der Waals surface area contributed by atoms with E-state index in [9.17, 15) is 13.2 Å². The fourth-order valence-electron chi connectivity index (χ4n) is 2.21. The standard InChI is InChI=1S/C17H20N2O3S/c1-17(2,3)19-23(21,22)16-7-5-4-6-15(16)13-8-10-14(11-9-13)18-12-20/h4-12,19H,1-3H3,(H,18,20). The van der Waals surface area contributed by atoms with Gasteiger partial charge in [-0.2, -0.15) is 0 Å². The number of rotatable bonds is 5. The van der Waals surface area contributed by atoms with Crippen molar-refractivity contribution in [3.05, 3.63) is 48.5 Å². The zero-order valence-electron chi connectivity index (χ0n) is 13.3. The number of hydrogen-bond acceptors (Lipinski definition) is 3. The highest BCUT2D eigenvalue weighted by atomic mass is 32.2. The van der Waals surface area contributed by atoms with Gasteiger partial charge >= 0.3 is 0 Å². The molecule has 0 saturated heterocycles. The van der Waals surface area contributed by atoms with Gasteiger partial charge in [-0.15, -0.1) is 0 Å². The Morgan fingerprint density at radius 2 is 1.57 bits per heavy atom. The van der Waals surface area contributed by atoms with E-state index >= 15 is 0 Å². The molecule has 0 aliphatic carbocycles. The van der Waals surface area contributed by atoms with Gasteiger partial charge in [-0.3, -0.25) is 4.79 Å². The smallest absolute Gasteiger partial charge is 0.241 e. The number of amides is 1. The molecule has 2 rings (SSSR count). The van der Waals surface area contributed by atoms with Crippen LogP contribution in [0.4, 0.5) is 5.69 Å². The first-order valence-electron chi connectivity index (χ1n) is 7.16. The number of hydrogen-bond donors (Lipinski definition) is 2. The topological polar surface area (TPSA) is 75.3 Å². The van der Waals surface area contributed by atoms with Crippen LogP contribution >= 0.6 is 0 Å². The van der Waals surface area contributed by atoms with Crippen LogP contribution in [0.3, 0.4) is 0 Å². The number of sulfonamides is 1. The summed E-state index contributed by atoms with van der Waals surface area (Å²) in [5.41, 5.74) is 1.46. The maximum atomic E-state index is 12.6. The van der Waals surface area contributed by atoms with Gasteiger partial charge in [0.25, 0.3) is 0 Å². The molecule has 2 aromatic rings. The van der Waals surface area contributed by atoms with Crippen molar-refractivity contribution < 1.29 is 13.2 Å². The lowest BCUT2D eigenvalue weighted by atomic mass is 10.1. The van der Waals surface area contributed by atoms with Crippen LogP contribution in [-0.4, -0.2) is 20.4 Å². The quantitative estimate of drug-likeness (QED) is 0.827. The summed E-state index contributed by atoms with van der Waals surface area (Å²) < 4.78 is 28.0. The van der Waals surface area contributed by atoms with Gasteiger partial charge in [-0.05, 0) is 44.5 Å². The third kappa shape index (κ3) is 4.40. The van der Waals surface area contributed by atoms with Crippen LogP contribution in [0.2, 0.25) is 0 Å². The first-order chi connectivity index (χ1) is 10.7. The first kappa shape index (κ1) is 17.2. The molecule has 5 nitrogen and oxygen atoms in total. The Morgan fingerprint density at radius 1 is 0.957 bits per heavy atom. The van der Waals surface area contributed by atoms with E-state index in [-0.39, 0.29) is 4.90 Å². The van der Waals surface area contributed by atoms with E-state index in [1.54, 1.807) is 69.3 Å². The van der Waals surface area contributed by atoms with Gasteiger partial charge in [0.1, 0.15) is 0 Å². The molecule has 0 spiro atoms. The average Bonchev–Trinajstić information content (AvgIpc) is 2.46. The van der Waals surface area contributed by atoms with Crippen molar-refractivity contribution in [3.8, 4) is 11.1 Å². The van der Waals surface area contributed by atoms with Crippen LogP contribution < -0.4 is 10.0 Å². The second kappa shape index (κ2) is 6.52. The van der Waals surface area contributed by atoms with Crippen LogP contribution in [0, 0.1) is 0 Å². The molecule has 0 fully saturated rings. The minimum Gasteiger partial charge on any atom is -0.329 e. The lowest BCUT2D eigenvalue weighted by molar-refractivity contribution is -0.105. The molecule has 0 aromatic heterocycles. The Morgan fingerprint density at radius 3 is 2.13 bits per heavy atom. The molecule has 0 unspecified atom stereocenters. The number of anilines is 1. The van der Waals surface area contributed by atoms with Crippen molar-refractivity contribution in [2.45, 2.75) is 31.2 Å². The SMILES string of the molecule is CC(C)(C)NS(=O)(=O)c1ccccc1-c1ccc(NC=O)cc1. The Balaban J connectivity index is 2.47. The summed E-state index contributed by atoms with van der Waals surface area (Å²) in [4.78, 5) is 10.7. The third-order valence-electron chi connectivity index (χ3n) is 3.04. The maximum Gasteiger partial charge on any atom is 0.241 e. The molecule has 0 heterocycles. The highest BCUT2D eigenvalue weighted by Crippen LogP contribution is 2.28. The molecule has 0 bridgehead atoms. The van der Waals surface area contributed by atoms with Gasteiger partial charge in [-0.25, -0.2) is 13.1 Å². The number of carbonyl (C=O) groups excluding carboxylic acids is 1. The van der Waals surface area contributed by atoms with E-state index in [1.807, 2.05) is 0 Å². The molecule has 1 amide bonds. The van der Waals surface area contributed by atoms with E-state index in [0.29, 0.717) is 17.7 Å². The minimum atomic E-state index is -3.64. The van der Waals surface area contributed by atoms with Crippen molar-refractivity contribution in [3.63, 3.8) is 0 Å². The summed E-state index contributed by atoms with van der Waals surface area (Å²) in [5, 5.41) is 2.55. The Bertz CT molecular complexity index is 791. The second-order valence-electron chi connectivity index (χ2n) is 6.19. The van der Waals surface area contributed by atoms with Crippen molar-refractivity contribution in [2.75, 3.05) is 5.32 Å². The van der Waals surface area contributed by atoms with Gasteiger partial charge in [0, 0.05) is 16.8 Å². The van der Waals surface area contributed by atoms with E-state index in [2.05, 4.69) is 10.0 Å². The zero-order valence-corrected chi connectivity index (χ0v) is 14.1.